The first kappa shape index (κ1) is 13.4. The maximum Gasteiger partial charge on any atom is 0.232 e. The van der Waals surface area contributed by atoms with Gasteiger partial charge in [0.2, 0.25) is 5.88 Å². The summed E-state index contributed by atoms with van der Waals surface area (Å²) in [5, 5.41) is 0. The Balaban J connectivity index is 0.000000921. The fourth-order valence-corrected chi connectivity index (χ4v) is 0.787. The SMILES string of the molecule is CC.CC#CCCOc1cnc(C)cn1. The van der Waals surface area contributed by atoms with Gasteiger partial charge in [0.05, 0.1) is 18.1 Å². The summed E-state index contributed by atoms with van der Waals surface area (Å²) in [5.41, 5.74) is 0.890. The Labute approximate surface area is 91.9 Å². The normalized spacial score (nSPS) is 8.00. The molecular weight excluding hydrogens is 188 g/mol. The van der Waals surface area contributed by atoms with Crippen LogP contribution in [0.4, 0.5) is 0 Å². The Morgan fingerprint density at radius 2 is 2.00 bits per heavy atom. The van der Waals surface area contributed by atoms with Gasteiger partial charge in [-0.2, -0.15) is 0 Å². The Morgan fingerprint density at radius 1 is 1.27 bits per heavy atom. The van der Waals surface area contributed by atoms with Crippen LogP contribution in [0.25, 0.3) is 0 Å². The number of hydrogen-bond donors (Lipinski definition) is 0. The van der Waals surface area contributed by atoms with E-state index in [1.165, 1.54) is 0 Å². The average molecular weight is 206 g/mol. The van der Waals surface area contributed by atoms with Gasteiger partial charge in [0, 0.05) is 6.42 Å². The molecule has 0 saturated heterocycles. The zero-order chi connectivity index (χ0) is 11.5. The van der Waals surface area contributed by atoms with Crippen LogP contribution in [0.2, 0.25) is 0 Å². The summed E-state index contributed by atoms with van der Waals surface area (Å²) < 4.78 is 5.29. The predicted octanol–water partition coefficient (Wildman–Crippen LogP) is 2.60. The Bertz CT molecular complexity index is 309. The number of aromatic nitrogens is 2. The van der Waals surface area contributed by atoms with Crippen LogP contribution in [0.15, 0.2) is 12.4 Å². The van der Waals surface area contributed by atoms with Gasteiger partial charge in [-0.1, -0.05) is 13.8 Å². The maximum absolute atomic E-state index is 5.29. The number of nitrogens with zero attached hydrogens (tertiary/aromatic N) is 2. The van der Waals surface area contributed by atoms with Crippen molar-refractivity contribution in [3.8, 4) is 17.7 Å². The lowest BCUT2D eigenvalue weighted by molar-refractivity contribution is 0.312. The molecule has 1 aromatic rings. The number of ether oxygens (including phenoxy) is 1. The lowest BCUT2D eigenvalue weighted by atomic mass is 10.4. The molecule has 0 amide bonds. The summed E-state index contributed by atoms with van der Waals surface area (Å²) in [7, 11) is 0. The molecule has 3 heteroatoms. The van der Waals surface area contributed by atoms with Crippen LogP contribution in [0.1, 0.15) is 32.9 Å². The summed E-state index contributed by atoms with van der Waals surface area (Å²) in [5.74, 6) is 6.26. The smallest absolute Gasteiger partial charge is 0.232 e. The van der Waals surface area contributed by atoms with E-state index in [9.17, 15) is 0 Å². The molecule has 0 unspecified atom stereocenters. The molecule has 0 N–H and O–H groups in total. The molecule has 0 aromatic carbocycles. The van der Waals surface area contributed by atoms with Gasteiger partial charge in [-0.05, 0) is 13.8 Å². The first-order chi connectivity index (χ1) is 7.33. The third kappa shape index (κ3) is 6.50. The molecule has 82 valence electrons. The van der Waals surface area contributed by atoms with Crippen molar-refractivity contribution >= 4 is 0 Å². The first-order valence-corrected chi connectivity index (χ1v) is 5.14. The van der Waals surface area contributed by atoms with E-state index in [1.54, 1.807) is 12.4 Å². The summed E-state index contributed by atoms with van der Waals surface area (Å²) in [6.07, 6.45) is 4.03. The minimum atomic E-state index is 0.559. The first-order valence-electron chi connectivity index (χ1n) is 5.14. The van der Waals surface area contributed by atoms with Crippen molar-refractivity contribution in [1.82, 2.24) is 9.97 Å². The van der Waals surface area contributed by atoms with Crippen LogP contribution in [0.3, 0.4) is 0 Å². The molecule has 15 heavy (non-hydrogen) atoms. The second-order valence-corrected chi connectivity index (χ2v) is 2.52. The molecule has 0 fully saturated rings. The minimum Gasteiger partial charge on any atom is -0.476 e. The van der Waals surface area contributed by atoms with E-state index in [0.717, 1.165) is 12.1 Å². The monoisotopic (exact) mass is 206 g/mol. The molecule has 1 aromatic heterocycles. The average Bonchev–Trinajstić information content (AvgIpc) is 2.30. The molecule has 0 spiro atoms. The van der Waals surface area contributed by atoms with Crippen molar-refractivity contribution in [3.63, 3.8) is 0 Å². The second kappa shape index (κ2) is 9.01. The number of aryl methyl sites for hydroxylation is 1. The highest BCUT2D eigenvalue weighted by atomic mass is 16.5. The van der Waals surface area contributed by atoms with Crippen molar-refractivity contribution in [1.29, 1.82) is 0 Å². The highest BCUT2D eigenvalue weighted by Crippen LogP contribution is 2.02. The number of hydrogen-bond acceptors (Lipinski definition) is 3. The van der Waals surface area contributed by atoms with Gasteiger partial charge in [0.25, 0.3) is 0 Å². The third-order valence-electron chi connectivity index (χ3n) is 1.41. The molecule has 3 nitrogen and oxygen atoms in total. The third-order valence-corrected chi connectivity index (χ3v) is 1.41. The quantitative estimate of drug-likeness (QED) is 0.563. The molecule has 0 radical (unpaired) electrons. The van der Waals surface area contributed by atoms with E-state index in [1.807, 2.05) is 27.7 Å². The summed E-state index contributed by atoms with van der Waals surface area (Å²) in [4.78, 5) is 8.10. The molecule has 0 saturated carbocycles. The fraction of sp³-hybridized carbons (Fsp3) is 0.500. The second-order valence-electron chi connectivity index (χ2n) is 2.52. The van der Waals surface area contributed by atoms with Crippen LogP contribution in [-0.4, -0.2) is 16.6 Å². The van der Waals surface area contributed by atoms with E-state index in [-0.39, 0.29) is 0 Å². The van der Waals surface area contributed by atoms with Gasteiger partial charge in [-0.15, -0.1) is 11.8 Å². The molecule has 0 aliphatic rings. The molecule has 0 atom stereocenters. The fourth-order valence-electron chi connectivity index (χ4n) is 0.787. The Morgan fingerprint density at radius 3 is 2.53 bits per heavy atom. The van der Waals surface area contributed by atoms with Crippen LogP contribution in [0.5, 0.6) is 5.88 Å². The highest BCUT2D eigenvalue weighted by Gasteiger charge is 1.93. The molecular formula is C12H18N2O. The van der Waals surface area contributed by atoms with E-state index >= 15 is 0 Å². The standard InChI is InChI=1S/C10H12N2O.C2H6/c1-3-4-5-6-13-10-8-11-9(2)7-12-10;1-2/h7-8H,5-6H2,1-2H3;1-2H3. The Hall–Kier alpha value is -1.56. The van der Waals surface area contributed by atoms with Crippen LogP contribution < -0.4 is 4.74 Å². The molecule has 1 rings (SSSR count). The van der Waals surface area contributed by atoms with E-state index in [4.69, 9.17) is 4.74 Å². The van der Waals surface area contributed by atoms with Crippen molar-refractivity contribution in [2.45, 2.75) is 34.1 Å². The van der Waals surface area contributed by atoms with Gasteiger partial charge in [0.1, 0.15) is 6.61 Å². The largest absolute Gasteiger partial charge is 0.476 e. The van der Waals surface area contributed by atoms with Gasteiger partial charge in [-0.25, -0.2) is 4.98 Å². The topological polar surface area (TPSA) is 35.0 Å². The van der Waals surface area contributed by atoms with Crippen molar-refractivity contribution in [2.24, 2.45) is 0 Å². The summed E-state index contributed by atoms with van der Waals surface area (Å²) in [6, 6.07) is 0. The summed E-state index contributed by atoms with van der Waals surface area (Å²) in [6.45, 7) is 8.27. The molecule has 0 aliphatic heterocycles. The Kier molecular flexibility index (Phi) is 8.08. The summed E-state index contributed by atoms with van der Waals surface area (Å²) >= 11 is 0. The van der Waals surface area contributed by atoms with Crippen molar-refractivity contribution in [2.75, 3.05) is 6.61 Å². The lowest BCUT2D eigenvalue weighted by Crippen LogP contribution is -1.98. The van der Waals surface area contributed by atoms with Crippen LogP contribution in [0, 0.1) is 18.8 Å². The van der Waals surface area contributed by atoms with Crippen LogP contribution in [-0.2, 0) is 0 Å². The van der Waals surface area contributed by atoms with Gasteiger partial charge in [-0.3, -0.25) is 4.98 Å². The maximum atomic E-state index is 5.29. The van der Waals surface area contributed by atoms with Gasteiger partial charge < -0.3 is 4.74 Å². The van der Waals surface area contributed by atoms with Crippen molar-refractivity contribution < 1.29 is 4.74 Å². The molecule has 1 heterocycles. The zero-order valence-corrected chi connectivity index (χ0v) is 9.87. The van der Waals surface area contributed by atoms with E-state index < -0.39 is 0 Å². The zero-order valence-electron chi connectivity index (χ0n) is 9.87. The van der Waals surface area contributed by atoms with E-state index in [2.05, 4.69) is 21.8 Å². The van der Waals surface area contributed by atoms with Gasteiger partial charge >= 0.3 is 0 Å². The minimum absolute atomic E-state index is 0.559. The van der Waals surface area contributed by atoms with Crippen molar-refractivity contribution in [3.05, 3.63) is 18.1 Å². The lowest BCUT2D eigenvalue weighted by Gasteiger charge is -2.01. The van der Waals surface area contributed by atoms with Gasteiger partial charge in [0.15, 0.2) is 0 Å². The highest BCUT2D eigenvalue weighted by molar-refractivity contribution is 5.06. The van der Waals surface area contributed by atoms with E-state index in [0.29, 0.717) is 12.5 Å². The molecule has 0 bridgehead atoms. The molecule has 0 aliphatic carbocycles. The number of rotatable bonds is 3. The predicted molar refractivity (Wildman–Crippen MR) is 61.7 cm³/mol. The van der Waals surface area contributed by atoms with Crippen LogP contribution >= 0.6 is 0 Å².